The minimum atomic E-state index is -0.278. The van der Waals surface area contributed by atoms with Gasteiger partial charge < -0.3 is 9.47 Å². The lowest BCUT2D eigenvalue weighted by molar-refractivity contribution is -0.143. The summed E-state index contributed by atoms with van der Waals surface area (Å²) in [6, 6.07) is 7.57. The molecule has 2 atom stereocenters. The quantitative estimate of drug-likeness (QED) is 0.743. The Balaban J connectivity index is 2.78. The number of carbonyl (C=O) groups is 1. The highest BCUT2D eigenvalue weighted by Crippen LogP contribution is 2.25. The molecule has 4 heteroatoms. The van der Waals surface area contributed by atoms with Gasteiger partial charge >= 0.3 is 5.97 Å². The standard InChI is InChI=1S/C16H25NO3/c1-5-6-10-14(16(18)20-4)17-12(2)13-9-7-8-11-15(13)19-3/h7-9,11-12,14,17H,5-6,10H2,1-4H3/t12-,14?/m0/s1. The summed E-state index contributed by atoms with van der Waals surface area (Å²) < 4.78 is 10.2. The molecule has 1 aromatic rings. The van der Waals surface area contributed by atoms with Crippen molar-refractivity contribution in [3.63, 3.8) is 0 Å². The van der Waals surface area contributed by atoms with Crippen LogP contribution in [0, 0.1) is 0 Å². The van der Waals surface area contributed by atoms with Crippen LogP contribution >= 0.6 is 0 Å². The third kappa shape index (κ3) is 4.53. The largest absolute Gasteiger partial charge is 0.496 e. The third-order valence-corrected chi connectivity index (χ3v) is 3.39. The molecule has 0 aromatic heterocycles. The molecule has 0 aliphatic heterocycles. The molecule has 0 bridgehead atoms. The van der Waals surface area contributed by atoms with Crippen LogP contribution in [0.1, 0.15) is 44.7 Å². The highest BCUT2D eigenvalue weighted by molar-refractivity contribution is 5.75. The van der Waals surface area contributed by atoms with E-state index in [0.29, 0.717) is 0 Å². The number of hydrogen-bond acceptors (Lipinski definition) is 4. The minimum absolute atomic E-state index is 0.0205. The van der Waals surface area contributed by atoms with Crippen LogP contribution in [0.25, 0.3) is 0 Å². The fourth-order valence-electron chi connectivity index (χ4n) is 2.24. The first-order valence-corrected chi connectivity index (χ1v) is 7.10. The molecule has 0 amide bonds. The number of nitrogens with one attached hydrogen (secondary N) is 1. The number of benzene rings is 1. The predicted molar refractivity (Wildman–Crippen MR) is 79.9 cm³/mol. The van der Waals surface area contributed by atoms with Gasteiger partial charge in [0.2, 0.25) is 0 Å². The average molecular weight is 279 g/mol. The lowest BCUT2D eigenvalue weighted by Crippen LogP contribution is -2.39. The van der Waals surface area contributed by atoms with E-state index in [2.05, 4.69) is 12.2 Å². The van der Waals surface area contributed by atoms with E-state index in [0.717, 1.165) is 30.6 Å². The van der Waals surface area contributed by atoms with Crippen molar-refractivity contribution in [3.8, 4) is 5.75 Å². The predicted octanol–water partition coefficient (Wildman–Crippen LogP) is 3.08. The van der Waals surface area contributed by atoms with Gasteiger partial charge in [0.05, 0.1) is 14.2 Å². The summed E-state index contributed by atoms with van der Waals surface area (Å²) in [5.41, 5.74) is 1.04. The Morgan fingerprint density at radius 3 is 2.60 bits per heavy atom. The second kappa shape index (κ2) is 8.59. The molecule has 0 spiro atoms. The van der Waals surface area contributed by atoms with E-state index >= 15 is 0 Å². The second-order valence-corrected chi connectivity index (χ2v) is 4.85. The van der Waals surface area contributed by atoms with Crippen LogP contribution in [0.5, 0.6) is 5.75 Å². The van der Waals surface area contributed by atoms with Gasteiger partial charge in [0.25, 0.3) is 0 Å². The van der Waals surface area contributed by atoms with Crippen molar-refractivity contribution in [1.29, 1.82) is 0 Å². The van der Waals surface area contributed by atoms with Gasteiger partial charge in [-0.15, -0.1) is 0 Å². The van der Waals surface area contributed by atoms with Crippen LogP contribution in [-0.2, 0) is 9.53 Å². The molecule has 1 N–H and O–H groups in total. The molecule has 112 valence electrons. The molecule has 0 heterocycles. The highest BCUT2D eigenvalue weighted by Gasteiger charge is 2.22. The van der Waals surface area contributed by atoms with Gasteiger partial charge in [0, 0.05) is 11.6 Å². The van der Waals surface area contributed by atoms with Crippen LogP contribution in [0.2, 0.25) is 0 Å². The van der Waals surface area contributed by atoms with E-state index in [1.54, 1.807) is 7.11 Å². The Bertz CT molecular complexity index is 420. The molecule has 0 aliphatic carbocycles. The fourth-order valence-corrected chi connectivity index (χ4v) is 2.24. The van der Waals surface area contributed by atoms with E-state index < -0.39 is 0 Å². The maximum atomic E-state index is 11.8. The first kappa shape index (κ1) is 16.5. The number of ether oxygens (including phenoxy) is 2. The average Bonchev–Trinajstić information content (AvgIpc) is 2.50. The molecular formula is C16H25NO3. The van der Waals surface area contributed by atoms with Gasteiger partial charge in [-0.2, -0.15) is 0 Å². The molecule has 0 radical (unpaired) electrons. The fraction of sp³-hybridized carbons (Fsp3) is 0.562. The van der Waals surface area contributed by atoms with Crippen LogP contribution in [0.4, 0.5) is 0 Å². The maximum absolute atomic E-state index is 11.8. The number of para-hydroxylation sites is 1. The summed E-state index contributed by atoms with van der Waals surface area (Å²) >= 11 is 0. The minimum Gasteiger partial charge on any atom is -0.496 e. The van der Waals surface area contributed by atoms with Gasteiger partial charge in [0.15, 0.2) is 0 Å². The van der Waals surface area contributed by atoms with Crippen molar-refractivity contribution in [2.75, 3.05) is 14.2 Å². The zero-order valence-electron chi connectivity index (χ0n) is 12.8. The normalized spacial score (nSPS) is 13.6. The molecule has 4 nitrogen and oxygen atoms in total. The van der Waals surface area contributed by atoms with Crippen LogP contribution in [0.15, 0.2) is 24.3 Å². The number of methoxy groups -OCH3 is 2. The lowest BCUT2D eigenvalue weighted by Gasteiger charge is -2.23. The summed E-state index contributed by atoms with van der Waals surface area (Å²) in [5, 5.41) is 3.34. The van der Waals surface area contributed by atoms with E-state index in [-0.39, 0.29) is 18.1 Å². The second-order valence-electron chi connectivity index (χ2n) is 4.85. The Kier molecular flexibility index (Phi) is 7.09. The van der Waals surface area contributed by atoms with E-state index in [1.807, 2.05) is 31.2 Å². The van der Waals surface area contributed by atoms with Gasteiger partial charge in [-0.25, -0.2) is 0 Å². The molecule has 0 saturated heterocycles. The summed E-state index contributed by atoms with van der Waals surface area (Å²) in [4.78, 5) is 11.8. The molecule has 20 heavy (non-hydrogen) atoms. The summed E-state index contributed by atoms with van der Waals surface area (Å²) in [5.74, 6) is 0.617. The maximum Gasteiger partial charge on any atom is 0.322 e. The van der Waals surface area contributed by atoms with Crippen molar-refractivity contribution in [2.24, 2.45) is 0 Å². The van der Waals surface area contributed by atoms with Crippen molar-refractivity contribution in [1.82, 2.24) is 5.32 Å². The van der Waals surface area contributed by atoms with Crippen LogP contribution < -0.4 is 10.1 Å². The van der Waals surface area contributed by atoms with E-state index in [9.17, 15) is 4.79 Å². The Hall–Kier alpha value is -1.55. The Morgan fingerprint density at radius 1 is 1.30 bits per heavy atom. The molecule has 0 fully saturated rings. The van der Waals surface area contributed by atoms with E-state index in [4.69, 9.17) is 9.47 Å². The van der Waals surface area contributed by atoms with Crippen molar-refractivity contribution < 1.29 is 14.3 Å². The number of hydrogen-bond donors (Lipinski definition) is 1. The monoisotopic (exact) mass is 279 g/mol. The number of esters is 1. The molecule has 1 aromatic carbocycles. The van der Waals surface area contributed by atoms with E-state index in [1.165, 1.54) is 7.11 Å². The van der Waals surface area contributed by atoms with Gasteiger partial charge in [-0.1, -0.05) is 38.0 Å². The van der Waals surface area contributed by atoms with Crippen molar-refractivity contribution in [2.45, 2.75) is 45.2 Å². The molecular weight excluding hydrogens is 254 g/mol. The summed E-state index contributed by atoms with van der Waals surface area (Å²) in [6.07, 6.45) is 2.83. The van der Waals surface area contributed by atoms with Gasteiger partial charge in [-0.05, 0) is 19.4 Å². The zero-order chi connectivity index (χ0) is 15.0. The molecule has 0 saturated carbocycles. The summed E-state index contributed by atoms with van der Waals surface area (Å²) in [6.45, 7) is 4.14. The van der Waals surface area contributed by atoms with Crippen LogP contribution in [-0.4, -0.2) is 26.2 Å². The SMILES string of the molecule is CCCCC(N[C@@H](C)c1ccccc1OC)C(=O)OC. The lowest BCUT2D eigenvalue weighted by atomic mass is 10.0. The first-order valence-electron chi connectivity index (χ1n) is 7.10. The Labute approximate surface area is 121 Å². The molecule has 0 aliphatic rings. The highest BCUT2D eigenvalue weighted by atomic mass is 16.5. The number of unbranched alkanes of at least 4 members (excludes halogenated alkanes) is 1. The summed E-state index contributed by atoms with van der Waals surface area (Å²) in [7, 11) is 3.08. The number of rotatable bonds is 8. The van der Waals surface area contributed by atoms with Gasteiger partial charge in [-0.3, -0.25) is 10.1 Å². The molecule has 1 unspecified atom stereocenters. The number of carbonyl (C=O) groups excluding carboxylic acids is 1. The smallest absolute Gasteiger partial charge is 0.322 e. The topological polar surface area (TPSA) is 47.6 Å². The Morgan fingerprint density at radius 2 is 2.00 bits per heavy atom. The third-order valence-electron chi connectivity index (χ3n) is 3.39. The van der Waals surface area contributed by atoms with Crippen LogP contribution in [0.3, 0.4) is 0 Å². The molecule has 1 rings (SSSR count). The van der Waals surface area contributed by atoms with Gasteiger partial charge in [0.1, 0.15) is 11.8 Å². The zero-order valence-corrected chi connectivity index (χ0v) is 12.8. The van der Waals surface area contributed by atoms with Crippen molar-refractivity contribution >= 4 is 5.97 Å². The first-order chi connectivity index (χ1) is 9.63. The van der Waals surface area contributed by atoms with Crippen molar-refractivity contribution in [3.05, 3.63) is 29.8 Å².